The molecule has 4 nitrogen and oxygen atoms in total. The average Bonchev–Trinajstić information content (AvgIpc) is 2.49. The molecule has 0 radical (unpaired) electrons. The predicted molar refractivity (Wildman–Crippen MR) is 64.3 cm³/mol. The molecule has 0 unspecified atom stereocenters. The van der Waals surface area contributed by atoms with Crippen molar-refractivity contribution in [3.05, 3.63) is 40.4 Å². The quantitative estimate of drug-likeness (QED) is 0.872. The molecule has 78 valence electrons. The van der Waals surface area contributed by atoms with E-state index in [-0.39, 0.29) is 0 Å². The highest BCUT2D eigenvalue weighted by Gasteiger charge is 2.04. The third-order valence-corrected chi connectivity index (χ3v) is 2.88. The highest BCUT2D eigenvalue weighted by Crippen LogP contribution is 2.18. The van der Waals surface area contributed by atoms with Gasteiger partial charge in [0.1, 0.15) is 11.6 Å². The van der Waals surface area contributed by atoms with Crippen LogP contribution in [-0.2, 0) is 6.54 Å². The third-order valence-electron chi connectivity index (χ3n) is 2.11. The summed E-state index contributed by atoms with van der Waals surface area (Å²) in [5.41, 5.74) is 12.4. The van der Waals surface area contributed by atoms with Crippen LogP contribution < -0.4 is 11.5 Å². The molecule has 0 atom stereocenters. The molecule has 2 rings (SSSR count). The van der Waals surface area contributed by atoms with Crippen LogP contribution in [0.2, 0.25) is 0 Å². The molecule has 0 amide bonds. The van der Waals surface area contributed by atoms with E-state index >= 15 is 0 Å². The van der Waals surface area contributed by atoms with E-state index in [2.05, 4.69) is 21.0 Å². The fraction of sp³-hybridized carbons (Fsp3) is 0.100. The summed E-state index contributed by atoms with van der Waals surface area (Å²) in [6, 6.07) is 9.59. The van der Waals surface area contributed by atoms with Gasteiger partial charge in [-0.2, -0.15) is 5.10 Å². The Balaban J connectivity index is 2.29. The summed E-state index contributed by atoms with van der Waals surface area (Å²) in [6.45, 7) is 0.616. The molecule has 4 N–H and O–H groups in total. The Morgan fingerprint density at radius 3 is 2.60 bits per heavy atom. The van der Waals surface area contributed by atoms with E-state index in [0.717, 1.165) is 10.0 Å². The minimum Gasteiger partial charge on any atom is -0.384 e. The van der Waals surface area contributed by atoms with Gasteiger partial charge in [0, 0.05) is 10.5 Å². The molecule has 1 heterocycles. The zero-order valence-corrected chi connectivity index (χ0v) is 9.61. The van der Waals surface area contributed by atoms with Crippen LogP contribution in [0.25, 0.3) is 0 Å². The summed E-state index contributed by atoms with van der Waals surface area (Å²) in [4.78, 5) is 0. The third kappa shape index (κ3) is 2.12. The molecular formula is C10H11BrN4. The number of aromatic nitrogens is 2. The molecule has 0 aliphatic rings. The van der Waals surface area contributed by atoms with Crippen molar-refractivity contribution in [3.8, 4) is 0 Å². The summed E-state index contributed by atoms with van der Waals surface area (Å²) < 4.78 is 2.72. The van der Waals surface area contributed by atoms with Crippen LogP contribution in [0.5, 0.6) is 0 Å². The fourth-order valence-electron chi connectivity index (χ4n) is 1.37. The second kappa shape index (κ2) is 3.94. The van der Waals surface area contributed by atoms with Gasteiger partial charge in [0.05, 0.1) is 6.54 Å². The molecule has 0 aliphatic carbocycles. The Kier molecular flexibility index (Phi) is 2.64. The summed E-state index contributed by atoms with van der Waals surface area (Å²) in [5.74, 6) is 1.02. The van der Waals surface area contributed by atoms with Gasteiger partial charge in [0.25, 0.3) is 0 Å². The second-order valence-electron chi connectivity index (χ2n) is 3.24. The monoisotopic (exact) mass is 266 g/mol. The molecular weight excluding hydrogens is 256 g/mol. The van der Waals surface area contributed by atoms with Crippen LogP contribution in [0.15, 0.2) is 34.8 Å². The maximum absolute atomic E-state index is 5.74. The summed E-state index contributed by atoms with van der Waals surface area (Å²) in [6.07, 6.45) is 0. The number of nitrogens with two attached hydrogens (primary N) is 2. The first-order valence-corrected chi connectivity index (χ1v) is 5.28. The number of anilines is 2. The van der Waals surface area contributed by atoms with Crippen LogP contribution in [-0.4, -0.2) is 9.78 Å². The van der Waals surface area contributed by atoms with Crippen LogP contribution in [0.1, 0.15) is 5.56 Å². The first-order chi connectivity index (χ1) is 7.16. The number of rotatable bonds is 2. The SMILES string of the molecule is Nc1cc(N)n(Cc2ccccc2Br)n1. The molecule has 0 bridgehead atoms. The zero-order chi connectivity index (χ0) is 10.8. The van der Waals surface area contributed by atoms with Crippen LogP contribution in [0, 0.1) is 0 Å². The summed E-state index contributed by atoms with van der Waals surface area (Å²) in [5, 5.41) is 4.10. The molecule has 1 aromatic heterocycles. The van der Waals surface area contributed by atoms with Gasteiger partial charge in [0.15, 0.2) is 0 Å². The first-order valence-electron chi connectivity index (χ1n) is 4.49. The summed E-state index contributed by atoms with van der Waals surface area (Å²) in [7, 11) is 0. The van der Waals surface area contributed by atoms with Crippen molar-refractivity contribution in [1.29, 1.82) is 0 Å². The van der Waals surface area contributed by atoms with Crippen molar-refractivity contribution in [2.45, 2.75) is 6.54 Å². The molecule has 5 heteroatoms. The molecule has 15 heavy (non-hydrogen) atoms. The highest BCUT2D eigenvalue weighted by atomic mass is 79.9. The Labute approximate surface area is 96.0 Å². The van der Waals surface area contributed by atoms with Gasteiger partial charge in [-0.1, -0.05) is 34.1 Å². The second-order valence-corrected chi connectivity index (χ2v) is 4.10. The Bertz CT molecular complexity index is 478. The molecule has 0 saturated carbocycles. The molecule has 1 aromatic carbocycles. The van der Waals surface area contributed by atoms with Crippen molar-refractivity contribution in [2.24, 2.45) is 0 Å². The molecule has 0 spiro atoms. The lowest BCUT2D eigenvalue weighted by molar-refractivity contribution is 0.699. The van der Waals surface area contributed by atoms with Crippen molar-refractivity contribution in [1.82, 2.24) is 9.78 Å². The number of nitrogen functional groups attached to an aromatic ring is 2. The normalized spacial score (nSPS) is 10.5. The Hall–Kier alpha value is -1.49. The highest BCUT2D eigenvalue weighted by molar-refractivity contribution is 9.10. The van der Waals surface area contributed by atoms with E-state index in [1.165, 1.54) is 0 Å². The molecule has 0 fully saturated rings. The maximum atomic E-state index is 5.74. The molecule has 2 aromatic rings. The van der Waals surface area contributed by atoms with E-state index in [4.69, 9.17) is 11.5 Å². The van der Waals surface area contributed by atoms with Crippen LogP contribution in [0.3, 0.4) is 0 Å². The lowest BCUT2D eigenvalue weighted by Gasteiger charge is -2.05. The lowest BCUT2D eigenvalue weighted by Crippen LogP contribution is -2.06. The average molecular weight is 267 g/mol. The van der Waals surface area contributed by atoms with Crippen molar-refractivity contribution in [3.63, 3.8) is 0 Å². The van der Waals surface area contributed by atoms with Gasteiger partial charge in [-0.05, 0) is 11.6 Å². The zero-order valence-electron chi connectivity index (χ0n) is 8.02. The topological polar surface area (TPSA) is 69.9 Å². The number of benzene rings is 1. The lowest BCUT2D eigenvalue weighted by atomic mass is 10.2. The van der Waals surface area contributed by atoms with E-state index in [1.54, 1.807) is 10.7 Å². The Morgan fingerprint density at radius 2 is 2.00 bits per heavy atom. The van der Waals surface area contributed by atoms with Crippen molar-refractivity contribution in [2.75, 3.05) is 11.5 Å². The fourth-order valence-corrected chi connectivity index (χ4v) is 1.78. The molecule has 0 aliphatic heterocycles. The maximum Gasteiger partial charge on any atom is 0.147 e. The largest absolute Gasteiger partial charge is 0.384 e. The number of nitrogens with zero attached hydrogens (tertiary/aromatic N) is 2. The summed E-state index contributed by atoms with van der Waals surface area (Å²) >= 11 is 3.47. The van der Waals surface area contributed by atoms with E-state index < -0.39 is 0 Å². The van der Waals surface area contributed by atoms with Gasteiger partial charge in [-0.25, -0.2) is 4.68 Å². The predicted octanol–water partition coefficient (Wildman–Crippen LogP) is 1.86. The van der Waals surface area contributed by atoms with Gasteiger partial charge in [-0.15, -0.1) is 0 Å². The van der Waals surface area contributed by atoms with Gasteiger partial charge < -0.3 is 11.5 Å². The number of hydrogen-bond acceptors (Lipinski definition) is 3. The van der Waals surface area contributed by atoms with Crippen LogP contribution >= 0.6 is 15.9 Å². The van der Waals surface area contributed by atoms with Crippen molar-refractivity contribution >= 4 is 27.6 Å². The first kappa shape index (κ1) is 10.0. The van der Waals surface area contributed by atoms with E-state index in [9.17, 15) is 0 Å². The smallest absolute Gasteiger partial charge is 0.147 e. The number of halogens is 1. The van der Waals surface area contributed by atoms with E-state index in [1.807, 2.05) is 24.3 Å². The van der Waals surface area contributed by atoms with Crippen LogP contribution in [0.4, 0.5) is 11.6 Å². The van der Waals surface area contributed by atoms with Gasteiger partial charge >= 0.3 is 0 Å². The standard InChI is InChI=1S/C10H11BrN4/c11-8-4-2-1-3-7(8)6-15-10(13)5-9(12)14-15/h1-5H,6,13H2,(H2,12,14). The van der Waals surface area contributed by atoms with E-state index in [0.29, 0.717) is 18.2 Å². The minimum absolute atomic E-state index is 0.444. The number of hydrogen-bond donors (Lipinski definition) is 2. The van der Waals surface area contributed by atoms with Gasteiger partial charge in [-0.3, -0.25) is 0 Å². The van der Waals surface area contributed by atoms with Gasteiger partial charge in [0.2, 0.25) is 0 Å². The Morgan fingerprint density at radius 1 is 1.27 bits per heavy atom. The van der Waals surface area contributed by atoms with Crippen molar-refractivity contribution < 1.29 is 0 Å². The minimum atomic E-state index is 0.444. The molecule has 0 saturated heterocycles.